The third-order valence-corrected chi connectivity index (χ3v) is 3.03. The SMILES string of the molecule is CN(Cc1nccn1C)C(=O)N[C@H](C(=O)O)C(C)(C)C. The summed E-state index contributed by atoms with van der Waals surface area (Å²) in [5.74, 6) is -0.318. The Hall–Kier alpha value is -2.05. The number of aliphatic carboxylic acids is 1. The van der Waals surface area contributed by atoms with Crippen LogP contribution in [0.25, 0.3) is 0 Å². The van der Waals surface area contributed by atoms with E-state index in [1.165, 1.54) is 4.90 Å². The first-order valence-electron chi connectivity index (χ1n) is 6.33. The van der Waals surface area contributed by atoms with Crippen LogP contribution in [0.4, 0.5) is 4.79 Å². The first kappa shape index (κ1) is 16.0. The smallest absolute Gasteiger partial charge is 0.326 e. The Morgan fingerprint density at radius 3 is 2.50 bits per heavy atom. The molecule has 0 aliphatic rings. The Morgan fingerprint density at radius 1 is 1.50 bits per heavy atom. The van der Waals surface area contributed by atoms with E-state index in [1.807, 2.05) is 11.6 Å². The number of rotatable bonds is 4. The van der Waals surface area contributed by atoms with E-state index in [4.69, 9.17) is 0 Å². The number of amides is 2. The lowest BCUT2D eigenvalue weighted by molar-refractivity contribution is -0.142. The largest absolute Gasteiger partial charge is 0.480 e. The molecule has 0 spiro atoms. The second kappa shape index (κ2) is 5.94. The summed E-state index contributed by atoms with van der Waals surface area (Å²) in [5, 5.41) is 11.7. The van der Waals surface area contributed by atoms with Crippen LogP contribution < -0.4 is 5.32 Å². The topological polar surface area (TPSA) is 87.5 Å². The number of carboxylic acid groups (broad SMARTS) is 1. The van der Waals surface area contributed by atoms with Gasteiger partial charge in [0, 0.05) is 26.5 Å². The molecule has 2 N–H and O–H groups in total. The fourth-order valence-corrected chi connectivity index (χ4v) is 1.72. The Labute approximate surface area is 118 Å². The lowest BCUT2D eigenvalue weighted by atomic mass is 9.87. The van der Waals surface area contributed by atoms with Gasteiger partial charge < -0.3 is 19.9 Å². The molecule has 0 unspecified atom stereocenters. The fourth-order valence-electron chi connectivity index (χ4n) is 1.72. The summed E-state index contributed by atoms with van der Waals surface area (Å²) in [7, 11) is 3.44. The average Bonchev–Trinajstić information content (AvgIpc) is 2.69. The molecule has 0 saturated heterocycles. The number of hydrogen-bond donors (Lipinski definition) is 2. The number of carbonyl (C=O) groups is 2. The minimum Gasteiger partial charge on any atom is -0.480 e. The highest BCUT2D eigenvalue weighted by atomic mass is 16.4. The van der Waals surface area contributed by atoms with Crippen molar-refractivity contribution >= 4 is 12.0 Å². The summed E-state index contributed by atoms with van der Waals surface area (Å²) in [5.41, 5.74) is -0.564. The number of hydrogen-bond acceptors (Lipinski definition) is 3. The summed E-state index contributed by atoms with van der Waals surface area (Å²) >= 11 is 0. The molecule has 7 nitrogen and oxygen atoms in total. The zero-order chi connectivity index (χ0) is 15.5. The van der Waals surface area contributed by atoms with Gasteiger partial charge in [-0.05, 0) is 5.41 Å². The zero-order valence-corrected chi connectivity index (χ0v) is 12.5. The van der Waals surface area contributed by atoms with E-state index in [9.17, 15) is 14.7 Å². The molecular weight excluding hydrogens is 260 g/mol. The lowest BCUT2D eigenvalue weighted by Gasteiger charge is -2.29. The molecule has 1 heterocycles. The van der Waals surface area contributed by atoms with Gasteiger partial charge >= 0.3 is 12.0 Å². The highest BCUT2D eigenvalue weighted by Gasteiger charge is 2.33. The highest BCUT2D eigenvalue weighted by Crippen LogP contribution is 2.19. The molecule has 0 aromatic carbocycles. The number of imidazole rings is 1. The van der Waals surface area contributed by atoms with Gasteiger partial charge in [-0.25, -0.2) is 14.6 Å². The second-order valence-electron chi connectivity index (χ2n) is 5.90. The predicted molar refractivity (Wildman–Crippen MR) is 74.1 cm³/mol. The molecule has 112 valence electrons. The van der Waals surface area contributed by atoms with Crippen molar-refractivity contribution in [1.29, 1.82) is 0 Å². The van der Waals surface area contributed by atoms with E-state index < -0.39 is 23.5 Å². The highest BCUT2D eigenvalue weighted by molar-refractivity contribution is 5.83. The summed E-state index contributed by atoms with van der Waals surface area (Å²) in [6, 6.07) is -1.38. The number of carboxylic acids is 1. The molecule has 2 amide bonds. The van der Waals surface area contributed by atoms with Gasteiger partial charge in [0.2, 0.25) is 0 Å². The van der Waals surface area contributed by atoms with E-state index in [1.54, 1.807) is 40.2 Å². The zero-order valence-electron chi connectivity index (χ0n) is 12.5. The van der Waals surface area contributed by atoms with E-state index in [2.05, 4.69) is 10.3 Å². The van der Waals surface area contributed by atoms with Gasteiger partial charge in [0.1, 0.15) is 11.9 Å². The molecule has 1 aromatic rings. The molecule has 1 aromatic heterocycles. The number of aromatic nitrogens is 2. The molecule has 1 atom stereocenters. The van der Waals surface area contributed by atoms with Crippen LogP contribution >= 0.6 is 0 Å². The Bertz CT molecular complexity index is 490. The van der Waals surface area contributed by atoms with Crippen molar-refractivity contribution in [2.24, 2.45) is 12.5 Å². The molecular formula is C13H22N4O3. The molecule has 1 rings (SSSR count). The van der Waals surface area contributed by atoms with Crippen LogP contribution in [-0.2, 0) is 18.4 Å². The van der Waals surface area contributed by atoms with Crippen molar-refractivity contribution in [3.8, 4) is 0 Å². The van der Waals surface area contributed by atoms with E-state index in [0.717, 1.165) is 5.82 Å². The van der Waals surface area contributed by atoms with Gasteiger partial charge in [0.25, 0.3) is 0 Å². The normalized spacial score (nSPS) is 12.8. The molecule has 7 heteroatoms. The number of aryl methyl sites for hydroxylation is 1. The maximum Gasteiger partial charge on any atom is 0.326 e. The summed E-state index contributed by atoms with van der Waals surface area (Å²) in [4.78, 5) is 28.8. The van der Waals surface area contributed by atoms with Crippen molar-refractivity contribution < 1.29 is 14.7 Å². The third-order valence-electron chi connectivity index (χ3n) is 3.03. The van der Waals surface area contributed by atoms with Gasteiger partial charge in [-0.3, -0.25) is 0 Å². The van der Waals surface area contributed by atoms with Crippen molar-refractivity contribution in [3.63, 3.8) is 0 Å². The van der Waals surface area contributed by atoms with E-state index in [-0.39, 0.29) is 0 Å². The van der Waals surface area contributed by atoms with Crippen molar-refractivity contribution in [2.75, 3.05) is 7.05 Å². The monoisotopic (exact) mass is 282 g/mol. The van der Waals surface area contributed by atoms with Gasteiger partial charge in [-0.1, -0.05) is 20.8 Å². The van der Waals surface area contributed by atoms with Crippen LogP contribution in [0.15, 0.2) is 12.4 Å². The second-order valence-corrected chi connectivity index (χ2v) is 5.90. The van der Waals surface area contributed by atoms with Gasteiger partial charge in [-0.15, -0.1) is 0 Å². The number of carbonyl (C=O) groups excluding carboxylic acids is 1. The van der Waals surface area contributed by atoms with Crippen molar-refractivity contribution in [3.05, 3.63) is 18.2 Å². The van der Waals surface area contributed by atoms with Crippen molar-refractivity contribution in [2.45, 2.75) is 33.4 Å². The van der Waals surface area contributed by atoms with Crippen LogP contribution in [0.3, 0.4) is 0 Å². The van der Waals surface area contributed by atoms with Crippen LogP contribution in [-0.4, -0.2) is 44.6 Å². The third kappa shape index (κ3) is 3.97. The maximum atomic E-state index is 12.1. The Morgan fingerprint density at radius 2 is 2.10 bits per heavy atom. The van der Waals surface area contributed by atoms with Crippen molar-refractivity contribution in [1.82, 2.24) is 19.8 Å². The molecule has 20 heavy (non-hydrogen) atoms. The summed E-state index contributed by atoms with van der Waals surface area (Å²) in [6.45, 7) is 5.62. The predicted octanol–water partition coefficient (Wildman–Crippen LogP) is 1.06. The molecule has 0 radical (unpaired) electrons. The first-order chi connectivity index (χ1) is 9.12. The van der Waals surface area contributed by atoms with Crippen LogP contribution in [0.2, 0.25) is 0 Å². The fraction of sp³-hybridized carbons (Fsp3) is 0.615. The van der Waals surface area contributed by atoms with Crippen LogP contribution in [0.1, 0.15) is 26.6 Å². The minimum absolute atomic E-state index is 0.311. The molecule has 0 aliphatic heterocycles. The van der Waals surface area contributed by atoms with E-state index >= 15 is 0 Å². The molecule has 0 fully saturated rings. The number of urea groups is 1. The van der Waals surface area contributed by atoms with Gasteiger partial charge in [0.15, 0.2) is 0 Å². The molecule has 0 saturated carbocycles. The average molecular weight is 282 g/mol. The van der Waals surface area contributed by atoms with E-state index in [0.29, 0.717) is 6.54 Å². The molecule has 0 bridgehead atoms. The number of nitrogens with one attached hydrogen (secondary N) is 1. The summed E-state index contributed by atoms with van der Waals surface area (Å²) < 4.78 is 1.81. The standard InChI is InChI=1S/C13H22N4O3/c1-13(2,3)10(11(18)19)15-12(20)17(5)8-9-14-6-7-16(9)4/h6-7,10H,8H2,1-5H3,(H,15,20)(H,18,19)/t10-/m1/s1. The van der Waals surface area contributed by atoms with Crippen LogP contribution in [0.5, 0.6) is 0 Å². The Kier molecular flexibility index (Phi) is 4.75. The summed E-state index contributed by atoms with van der Waals surface area (Å²) in [6.07, 6.45) is 3.44. The maximum absolute atomic E-state index is 12.1. The Balaban J connectivity index is 2.70. The molecule has 0 aliphatic carbocycles. The quantitative estimate of drug-likeness (QED) is 0.864. The van der Waals surface area contributed by atoms with Gasteiger partial charge in [-0.2, -0.15) is 0 Å². The van der Waals surface area contributed by atoms with Crippen LogP contribution in [0, 0.1) is 5.41 Å². The number of nitrogens with zero attached hydrogens (tertiary/aromatic N) is 3. The minimum atomic E-state index is -1.05. The first-order valence-corrected chi connectivity index (χ1v) is 6.33. The lowest BCUT2D eigenvalue weighted by Crippen LogP contribution is -2.52. The van der Waals surface area contributed by atoms with Gasteiger partial charge in [0.05, 0.1) is 6.54 Å².